The minimum Gasteiger partial charge on any atom is -0.494 e. The van der Waals surface area contributed by atoms with Crippen LogP contribution >= 0.6 is 0 Å². The Balaban J connectivity index is 1.36. The van der Waals surface area contributed by atoms with Crippen LogP contribution in [0.1, 0.15) is 41.9 Å². The van der Waals surface area contributed by atoms with Crippen molar-refractivity contribution in [1.82, 2.24) is 15.1 Å². The molecule has 0 radical (unpaired) electrons. The molecule has 1 saturated carbocycles. The molecule has 2 aromatic carbocycles. The Bertz CT molecular complexity index is 947. The first-order chi connectivity index (χ1) is 14.2. The van der Waals surface area contributed by atoms with Crippen molar-refractivity contribution >= 4 is 5.91 Å². The number of hydrogen-bond acceptors (Lipinski definition) is 4. The lowest BCUT2D eigenvalue weighted by Crippen LogP contribution is -2.29. The zero-order valence-electron chi connectivity index (χ0n) is 16.5. The molecular formula is C23H25N3O3. The molecule has 0 atom stereocenters. The highest BCUT2D eigenvalue weighted by Gasteiger charge is 2.28. The van der Waals surface area contributed by atoms with E-state index in [0.717, 1.165) is 35.7 Å². The van der Waals surface area contributed by atoms with E-state index in [1.54, 1.807) is 4.68 Å². The molecule has 3 aromatic rings. The highest BCUT2D eigenvalue weighted by Crippen LogP contribution is 2.39. The fraction of sp³-hybridized carbons (Fsp3) is 0.304. The third kappa shape index (κ3) is 4.77. The summed E-state index contributed by atoms with van der Waals surface area (Å²) in [6, 6.07) is 19.1. The van der Waals surface area contributed by atoms with E-state index in [1.807, 2.05) is 67.6 Å². The summed E-state index contributed by atoms with van der Waals surface area (Å²) >= 11 is 0. The van der Waals surface area contributed by atoms with Crippen molar-refractivity contribution in [2.45, 2.75) is 25.7 Å². The molecule has 0 spiro atoms. The SMILES string of the molecule is CCOc1ccc(OCCNC(=O)c2cc(C3CC3)nn2-c2ccccc2)cc1. The highest BCUT2D eigenvalue weighted by molar-refractivity contribution is 5.93. The number of carbonyl (C=O) groups excluding carboxylic acids is 1. The fourth-order valence-corrected chi connectivity index (χ4v) is 3.13. The van der Waals surface area contributed by atoms with Gasteiger partial charge in [-0.1, -0.05) is 18.2 Å². The summed E-state index contributed by atoms with van der Waals surface area (Å²) in [5.74, 6) is 1.89. The van der Waals surface area contributed by atoms with E-state index in [0.29, 0.717) is 31.4 Å². The minimum atomic E-state index is -0.149. The second-order valence-corrected chi connectivity index (χ2v) is 6.98. The maximum absolute atomic E-state index is 12.8. The lowest BCUT2D eigenvalue weighted by molar-refractivity contribution is 0.0939. The van der Waals surface area contributed by atoms with Gasteiger partial charge in [-0.25, -0.2) is 4.68 Å². The molecule has 0 bridgehead atoms. The van der Waals surface area contributed by atoms with Crippen LogP contribution in [0.3, 0.4) is 0 Å². The van der Waals surface area contributed by atoms with E-state index in [9.17, 15) is 4.79 Å². The quantitative estimate of drug-likeness (QED) is 0.561. The molecule has 1 fully saturated rings. The summed E-state index contributed by atoms with van der Waals surface area (Å²) in [5, 5.41) is 7.61. The summed E-state index contributed by atoms with van der Waals surface area (Å²) in [5.41, 5.74) is 2.43. The molecule has 1 heterocycles. The lowest BCUT2D eigenvalue weighted by Gasteiger charge is -2.10. The van der Waals surface area contributed by atoms with E-state index in [-0.39, 0.29) is 5.91 Å². The molecule has 6 heteroatoms. The molecule has 1 N–H and O–H groups in total. The molecule has 0 saturated heterocycles. The van der Waals surface area contributed by atoms with Crippen molar-refractivity contribution < 1.29 is 14.3 Å². The Hall–Kier alpha value is -3.28. The number of ether oxygens (including phenoxy) is 2. The average Bonchev–Trinajstić information content (AvgIpc) is 3.51. The third-order valence-electron chi connectivity index (χ3n) is 4.75. The van der Waals surface area contributed by atoms with Crippen molar-refractivity contribution in [2.75, 3.05) is 19.8 Å². The Morgan fingerprint density at radius 2 is 1.76 bits per heavy atom. The average molecular weight is 391 g/mol. The van der Waals surface area contributed by atoms with Gasteiger partial charge >= 0.3 is 0 Å². The van der Waals surface area contributed by atoms with E-state index in [2.05, 4.69) is 10.4 Å². The Morgan fingerprint density at radius 1 is 1.07 bits per heavy atom. The van der Waals surface area contributed by atoms with E-state index in [1.165, 1.54) is 0 Å². The Morgan fingerprint density at radius 3 is 2.41 bits per heavy atom. The molecule has 6 nitrogen and oxygen atoms in total. The zero-order chi connectivity index (χ0) is 20.1. The fourth-order valence-electron chi connectivity index (χ4n) is 3.13. The summed E-state index contributed by atoms with van der Waals surface area (Å²) < 4.78 is 12.9. The van der Waals surface area contributed by atoms with E-state index >= 15 is 0 Å². The molecule has 1 amide bonds. The van der Waals surface area contributed by atoms with Crippen LogP contribution in [0.25, 0.3) is 5.69 Å². The lowest BCUT2D eigenvalue weighted by atomic mass is 10.2. The monoisotopic (exact) mass is 391 g/mol. The predicted molar refractivity (Wildman–Crippen MR) is 111 cm³/mol. The van der Waals surface area contributed by atoms with Crippen LogP contribution in [0, 0.1) is 0 Å². The van der Waals surface area contributed by atoms with Crippen molar-refractivity contribution in [2.24, 2.45) is 0 Å². The molecule has 0 unspecified atom stereocenters. The topological polar surface area (TPSA) is 65.4 Å². The largest absolute Gasteiger partial charge is 0.494 e. The highest BCUT2D eigenvalue weighted by atomic mass is 16.5. The normalized spacial score (nSPS) is 13.1. The van der Waals surface area contributed by atoms with E-state index in [4.69, 9.17) is 9.47 Å². The smallest absolute Gasteiger partial charge is 0.270 e. The van der Waals surface area contributed by atoms with Crippen LogP contribution in [0.5, 0.6) is 11.5 Å². The van der Waals surface area contributed by atoms with Gasteiger partial charge in [-0.3, -0.25) is 4.79 Å². The number of benzene rings is 2. The number of para-hydroxylation sites is 1. The molecule has 1 aliphatic rings. The first-order valence-corrected chi connectivity index (χ1v) is 10.0. The van der Waals surface area contributed by atoms with Gasteiger partial charge in [-0.2, -0.15) is 5.10 Å². The number of rotatable bonds is 9. The summed E-state index contributed by atoms with van der Waals surface area (Å²) in [6.45, 7) is 3.37. The molecule has 4 rings (SSSR count). The van der Waals surface area contributed by atoms with Crippen LogP contribution < -0.4 is 14.8 Å². The molecule has 29 heavy (non-hydrogen) atoms. The van der Waals surface area contributed by atoms with Crippen LogP contribution in [0.4, 0.5) is 0 Å². The van der Waals surface area contributed by atoms with Gasteiger partial charge in [-0.05, 0) is 62.2 Å². The van der Waals surface area contributed by atoms with Gasteiger partial charge in [0, 0.05) is 5.92 Å². The number of carbonyl (C=O) groups is 1. The number of nitrogens with zero attached hydrogens (tertiary/aromatic N) is 2. The number of amides is 1. The maximum Gasteiger partial charge on any atom is 0.270 e. The van der Waals surface area contributed by atoms with Gasteiger partial charge in [0.15, 0.2) is 0 Å². The van der Waals surface area contributed by atoms with Crippen LogP contribution in [0.15, 0.2) is 60.7 Å². The van der Waals surface area contributed by atoms with Crippen molar-refractivity contribution in [3.05, 3.63) is 72.1 Å². The van der Waals surface area contributed by atoms with E-state index < -0.39 is 0 Å². The summed E-state index contributed by atoms with van der Waals surface area (Å²) in [6.07, 6.45) is 2.28. The number of nitrogens with one attached hydrogen (secondary N) is 1. The minimum absolute atomic E-state index is 0.149. The maximum atomic E-state index is 12.8. The number of hydrogen-bond donors (Lipinski definition) is 1. The zero-order valence-corrected chi connectivity index (χ0v) is 16.5. The Kier molecular flexibility index (Phi) is 5.79. The molecule has 150 valence electrons. The first kappa shape index (κ1) is 19.1. The summed E-state index contributed by atoms with van der Waals surface area (Å²) in [7, 11) is 0. The number of aromatic nitrogens is 2. The van der Waals surface area contributed by atoms with Crippen molar-refractivity contribution in [3.63, 3.8) is 0 Å². The second-order valence-electron chi connectivity index (χ2n) is 6.98. The van der Waals surface area contributed by atoms with Crippen molar-refractivity contribution in [3.8, 4) is 17.2 Å². The second kappa shape index (κ2) is 8.82. The van der Waals surface area contributed by atoms with Crippen molar-refractivity contribution in [1.29, 1.82) is 0 Å². The van der Waals surface area contributed by atoms with Crippen LogP contribution in [0.2, 0.25) is 0 Å². The van der Waals surface area contributed by atoms with Crippen LogP contribution in [-0.2, 0) is 0 Å². The standard InChI is InChI=1S/C23H25N3O3/c1-2-28-19-10-12-20(13-11-19)29-15-14-24-23(27)22-16-21(17-8-9-17)25-26(22)18-6-4-3-5-7-18/h3-7,10-13,16-17H,2,8-9,14-15H2,1H3,(H,24,27). The molecular weight excluding hydrogens is 366 g/mol. The van der Waals surface area contributed by atoms with Gasteiger partial charge in [0.2, 0.25) is 0 Å². The van der Waals surface area contributed by atoms with Gasteiger partial charge < -0.3 is 14.8 Å². The van der Waals surface area contributed by atoms with Gasteiger partial charge in [-0.15, -0.1) is 0 Å². The van der Waals surface area contributed by atoms with Gasteiger partial charge in [0.25, 0.3) is 5.91 Å². The van der Waals surface area contributed by atoms with Gasteiger partial charge in [0.05, 0.1) is 24.5 Å². The first-order valence-electron chi connectivity index (χ1n) is 10.0. The van der Waals surface area contributed by atoms with Crippen LogP contribution in [-0.4, -0.2) is 35.4 Å². The molecule has 1 aromatic heterocycles. The molecule has 0 aliphatic heterocycles. The predicted octanol–water partition coefficient (Wildman–Crippen LogP) is 3.96. The summed E-state index contributed by atoms with van der Waals surface area (Å²) in [4.78, 5) is 12.8. The Labute approximate surface area is 170 Å². The molecule has 1 aliphatic carbocycles. The third-order valence-corrected chi connectivity index (χ3v) is 4.75. The van der Waals surface area contributed by atoms with Gasteiger partial charge in [0.1, 0.15) is 23.8 Å².